The number of carbonyl (C=O) groups is 1. The van der Waals surface area contributed by atoms with Crippen LogP contribution < -0.4 is 0 Å². The fraction of sp³-hybridized carbons (Fsp3) is 0.500. The van der Waals surface area contributed by atoms with Gasteiger partial charge >= 0.3 is 0 Å². The molecule has 0 radical (unpaired) electrons. The Kier molecular flexibility index (Phi) is 2.52. The SMILES string of the molecule is O=C1CCN(C2CCc3ccccc32)CC1. The molecular weight excluding hydrogens is 198 g/mol. The topological polar surface area (TPSA) is 20.3 Å². The van der Waals surface area contributed by atoms with Gasteiger partial charge in [-0.2, -0.15) is 0 Å². The number of hydrogen-bond acceptors (Lipinski definition) is 2. The van der Waals surface area contributed by atoms with Gasteiger partial charge in [0.2, 0.25) is 0 Å². The Bertz CT molecular complexity index is 403. The number of benzene rings is 1. The fourth-order valence-electron chi connectivity index (χ4n) is 3.00. The quantitative estimate of drug-likeness (QED) is 0.716. The number of ketones is 1. The van der Waals surface area contributed by atoms with Gasteiger partial charge in [-0.3, -0.25) is 9.69 Å². The Morgan fingerprint density at radius 2 is 1.81 bits per heavy atom. The second kappa shape index (κ2) is 4.02. The van der Waals surface area contributed by atoms with Crippen molar-refractivity contribution in [3.63, 3.8) is 0 Å². The molecule has 2 heteroatoms. The number of carbonyl (C=O) groups excluding carboxylic acids is 1. The summed E-state index contributed by atoms with van der Waals surface area (Å²) in [6.07, 6.45) is 3.93. The van der Waals surface area contributed by atoms with Gasteiger partial charge in [0.25, 0.3) is 0 Å². The molecule has 1 heterocycles. The summed E-state index contributed by atoms with van der Waals surface area (Å²) >= 11 is 0. The molecule has 1 aromatic rings. The predicted molar refractivity (Wildman–Crippen MR) is 63.3 cm³/mol. The summed E-state index contributed by atoms with van der Waals surface area (Å²) in [5.41, 5.74) is 3.00. The molecule has 1 unspecified atom stereocenters. The fourth-order valence-corrected chi connectivity index (χ4v) is 3.00. The van der Waals surface area contributed by atoms with E-state index in [1.165, 1.54) is 24.0 Å². The summed E-state index contributed by atoms with van der Waals surface area (Å²) in [6.45, 7) is 1.91. The number of aryl methyl sites for hydroxylation is 1. The molecule has 1 aliphatic heterocycles. The van der Waals surface area contributed by atoms with E-state index in [2.05, 4.69) is 29.2 Å². The first-order valence-corrected chi connectivity index (χ1v) is 6.18. The molecule has 0 saturated carbocycles. The van der Waals surface area contributed by atoms with Gasteiger partial charge in [-0.15, -0.1) is 0 Å². The van der Waals surface area contributed by atoms with Crippen molar-refractivity contribution in [2.75, 3.05) is 13.1 Å². The lowest BCUT2D eigenvalue weighted by Crippen LogP contribution is -2.36. The summed E-state index contributed by atoms with van der Waals surface area (Å²) in [6, 6.07) is 9.32. The molecule has 1 aromatic carbocycles. The van der Waals surface area contributed by atoms with Gasteiger partial charge in [0.15, 0.2) is 0 Å². The normalized spacial score (nSPS) is 25.8. The number of piperidine rings is 1. The molecule has 1 saturated heterocycles. The van der Waals surface area contributed by atoms with Crippen LogP contribution in [0.3, 0.4) is 0 Å². The number of likely N-dealkylation sites (tertiary alicyclic amines) is 1. The van der Waals surface area contributed by atoms with Crippen LogP contribution in [0.4, 0.5) is 0 Å². The Hall–Kier alpha value is -1.15. The molecule has 1 aliphatic carbocycles. The van der Waals surface area contributed by atoms with Gasteiger partial charge < -0.3 is 0 Å². The molecule has 84 valence electrons. The summed E-state index contributed by atoms with van der Waals surface area (Å²) in [5.74, 6) is 0.433. The van der Waals surface area contributed by atoms with Crippen LogP contribution in [0, 0.1) is 0 Å². The highest BCUT2D eigenvalue weighted by atomic mass is 16.1. The molecule has 0 bridgehead atoms. The molecule has 16 heavy (non-hydrogen) atoms. The third-order valence-corrected chi connectivity index (χ3v) is 3.90. The second-order valence-corrected chi connectivity index (χ2v) is 4.83. The van der Waals surface area contributed by atoms with Crippen LogP contribution in [0.25, 0.3) is 0 Å². The monoisotopic (exact) mass is 215 g/mol. The summed E-state index contributed by atoms with van der Waals surface area (Å²) in [4.78, 5) is 13.7. The Morgan fingerprint density at radius 3 is 2.62 bits per heavy atom. The van der Waals surface area contributed by atoms with E-state index in [-0.39, 0.29) is 0 Å². The van der Waals surface area contributed by atoms with E-state index in [1.54, 1.807) is 0 Å². The minimum Gasteiger partial charge on any atom is -0.300 e. The van der Waals surface area contributed by atoms with Crippen LogP contribution in [-0.4, -0.2) is 23.8 Å². The van der Waals surface area contributed by atoms with E-state index >= 15 is 0 Å². The van der Waals surface area contributed by atoms with E-state index < -0.39 is 0 Å². The van der Waals surface area contributed by atoms with Crippen molar-refractivity contribution in [2.24, 2.45) is 0 Å². The molecule has 1 fully saturated rings. The minimum absolute atomic E-state index is 0.433. The van der Waals surface area contributed by atoms with Crippen molar-refractivity contribution in [3.05, 3.63) is 35.4 Å². The highest BCUT2D eigenvalue weighted by Crippen LogP contribution is 2.36. The lowest BCUT2D eigenvalue weighted by molar-refractivity contribution is -0.121. The third kappa shape index (κ3) is 1.67. The Morgan fingerprint density at radius 1 is 1.06 bits per heavy atom. The maximum Gasteiger partial charge on any atom is 0.135 e. The first kappa shape index (κ1) is 10.0. The average molecular weight is 215 g/mol. The standard InChI is InChI=1S/C14H17NO/c16-12-7-9-15(10-8-12)14-6-5-11-3-1-2-4-13(11)14/h1-4,14H,5-10H2. The molecule has 3 rings (SSSR count). The smallest absolute Gasteiger partial charge is 0.135 e. The summed E-state index contributed by atoms with van der Waals surface area (Å²) in [5, 5.41) is 0. The lowest BCUT2D eigenvalue weighted by atomic mass is 10.0. The maximum atomic E-state index is 11.2. The maximum absolute atomic E-state index is 11.2. The van der Waals surface area contributed by atoms with E-state index in [4.69, 9.17) is 0 Å². The van der Waals surface area contributed by atoms with Gasteiger partial charge in [-0.1, -0.05) is 24.3 Å². The zero-order chi connectivity index (χ0) is 11.0. The molecule has 2 aliphatic rings. The van der Waals surface area contributed by atoms with Gasteiger partial charge in [-0.05, 0) is 24.0 Å². The first-order chi connectivity index (χ1) is 7.84. The zero-order valence-corrected chi connectivity index (χ0v) is 9.48. The number of rotatable bonds is 1. The lowest BCUT2D eigenvalue weighted by Gasteiger charge is -2.32. The van der Waals surface area contributed by atoms with Crippen LogP contribution in [0.1, 0.15) is 36.4 Å². The van der Waals surface area contributed by atoms with Gasteiger partial charge in [0.05, 0.1) is 0 Å². The molecule has 2 nitrogen and oxygen atoms in total. The first-order valence-electron chi connectivity index (χ1n) is 6.18. The highest BCUT2D eigenvalue weighted by molar-refractivity contribution is 5.79. The van der Waals surface area contributed by atoms with E-state index in [0.29, 0.717) is 11.8 Å². The molecule has 1 atom stereocenters. The minimum atomic E-state index is 0.433. The van der Waals surface area contributed by atoms with Gasteiger partial charge in [-0.25, -0.2) is 0 Å². The molecule has 0 spiro atoms. The molecular formula is C14H17NO. The Balaban J connectivity index is 1.80. The van der Waals surface area contributed by atoms with Crippen LogP contribution in [-0.2, 0) is 11.2 Å². The average Bonchev–Trinajstić information content (AvgIpc) is 2.74. The van der Waals surface area contributed by atoms with Crippen molar-refractivity contribution in [2.45, 2.75) is 31.7 Å². The van der Waals surface area contributed by atoms with E-state index in [1.807, 2.05) is 0 Å². The third-order valence-electron chi connectivity index (χ3n) is 3.90. The second-order valence-electron chi connectivity index (χ2n) is 4.83. The number of fused-ring (bicyclic) bond motifs is 1. The number of nitrogens with zero attached hydrogens (tertiary/aromatic N) is 1. The van der Waals surface area contributed by atoms with E-state index in [0.717, 1.165) is 25.9 Å². The highest BCUT2D eigenvalue weighted by Gasteiger charge is 2.29. The number of Topliss-reactive ketones (excluding diaryl/α,β-unsaturated/α-hetero) is 1. The zero-order valence-electron chi connectivity index (χ0n) is 9.48. The van der Waals surface area contributed by atoms with Crippen molar-refractivity contribution in [1.29, 1.82) is 0 Å². The molecule has 0 aromatic heterocycles. The van der Waals surface area contributed by atoms with Crippen molar-refractivity contribution in [1.82, 2.24) is 4.90 Å². The van der Waals surface area contributed by atoms with Gasteiger partial charge in [0.1, 0.15) is 5.78 Å². The van der Waals surface area contributed by atoms with E-state index in [9.17, 15) is 4.79 Å². The van der Waals surface area contributed by atoms with Gasteiger partial charge in [0, 0.05) is 32.0 Å². The van der Waals surface area contributed by atoms with Crippen molar-refractivity contribution in [3.8, 4) is 0 Å². The van der Waals surface area contributed by atoms with Crippen LogP contribution >= 0.6 is 0 Å². The van der Waals surface area contributed by atoms with Crippen molar-refractivity contribution >= 4 is 5.78 Å². The molecule has 0 amide bonds. The van der Waals surface area contributed by atoms with Crippen LogP contribution in [0.5, 0.6) is 0 Å². The summed E-state index contributed by atoms with van der Waals surface area (Å²) in [7, 11) is 0. The van der Waals surface area contributed by atoms with Crippen LogP contribution in [0.15, 0.2) is 24.3 Å². The molecule has 0 N–H and O–H groups in total. The predicted octanol–water partition coefficient (Wildman–Crippen LogP) is 2.34. The van der Waals surface area contributed by atoms with Crippen molar-refractivity contribution < 1.29 is 4.79 Å². The van der Waals surface area contributed by atoms with Crippen LogP contribution in [0.2, 0.25) is 0 Å². The Labute approximate surface area is 96.3 Å². The largest absolute Gasteiger partial charge is 0.300 e. The summed E-state index contributed by atoms with van der Waals surface area (Å²) < 4.78 is 0. The number of hydrogen-bond donors (Lipinski definition) is 0.